The SMILES string of the molecule is Cc1nn(CC(=O)NCCCN2C(C)CCCC2C)c(=O)c2cccn12. The van der Waals surface area contributed by atoms with Crippen molar-refractivity contribution in [2.24, 2.45) is 0 Å². The number of nitrogens with one attached hydrogen (secondary N) is 1. The van der Waals surface area contributed by atoms with Crippen LogP contribution in [0.2, 0.25) is 0 Å². The van der Waals surface area contributed by atoms with Crippen LogP contribution in [-0.2, 0) is 11.3 Å². The highest BCUT2D eigenvalue weighted by molar-refractivity contribution is 5.75. The third-order valence-electron chi connectivity index (χ3n) is 5.40. The lowest BCUT2D eigenvalue weighted by Gasteiger charge is -2.39. The van der Waals surface area contributed by atoms with Gasteiger partial charge in [-0.25, -0.2) is 4.68 Å². The molecule has 3 rings (SSSR count). The maximum Gasteiger partial charge on any atom is 0.291 e. The number of hydrogen-bond acceptors (Lipinski definition) is 4. The van der Waals surface area contributed by atoms with Crippen LogP contribution in [0.15, 0.2) is 23.1 Å². The summed E-state index contributed by atoms with van der Waals surface area (Å²) in [7, 11) is 0. The van der Waals surface area contributed by atoms with Gasteiger partial charge in [-0.2, -0.15) is 5.10 Å². The summed E-state index contributed by atoms with van der Waals surface area (Å²) >= 11 is 0. The van der Waals surface area contributed by atoms with Gasteiger partial charge >= 0.3 is 0 Å². The summed E-state index contributed by atoms with van der Waals surface area (Å²) in [5, 5.41) is 7.15. The molecule has 2 atom stereocenters. The van der Waals surface area contributed by atoms with Crippen molar-refractivity contribution in [1.82, 2.24) is 24.4 Å². The summed E-state index contributed by atoms with van der Waals surface area (Å²) in [6.45, 7) is 7.96. The van der Waals surface area contributed by atoms with E-state index in [2.05, 4.69) is 29.2 Å². The lowest BCUT2D eigenvalue weighted by Crippen LogP contribution is -2.45. The van der Waals surface area contributed by atoms with Gasteiger partial charge in [0.15, 0.2) is 0 Å². The van der Waals surface area contributed by atoms with E-state index in [1.807, 2.05) is 6.92 Å². The fourth-order valence-electron chi connectivity index (χ4n) is 3.94. The third-order valence-corrected chi connectivity index (χ3v) is 5.40. The number of aryl methyl sites for hydroxylation is 1. The van der Waals surface area contributed by atoms with Crippen molar-refractivity contribution in [2.45, 2.75) is 65.1 Å². The van der Waals surface area contributed by atoms with Crippen LogP contribution in [-0.4, -0.2) is 50.2 Å². The highest BCUT2D eigenvalue weighted by Crippen LogP contribution is 2.22. The maximum atomic E-state index is 12.4. The van der Waals surface area contributed by atoms with Crippen LogP contribution < -0.4 is 10.9 Å². The van der Waals surface area contributed by atoms with Gasteiger partial charge in [0, 0.05) is 31.4 Å². The summed E-state index contributed by atoms with van der Waals surface area (Å²) in [5.74, 6) is 0.514. The van der Waals surface area contributed by atoms with Crippen LogP contribution in [0, 0.1) is 6.92 Å². The van der Waals surface area contributed by atoms with E-state index in [-0.39, 0.29) is 18.0 Å². The molecule has 7 nitrogen and oxygen atoms in total. The van der Waals surface area contributed by atoms with E-state index in [0.717, 1.165) is 13.0 Å². The van der Waals surface area contributed by atoms with Crippen molar-refractivity contribution in [1.29, 1.82) is 0 Å². The van der Waals surface area contributed by atoms with Gasteiger partial charge in [0.2, 0.25) is 5.91 Å². The fraction of sp³-hybridized carbons (Fsp3) is 0.632. The predicted octanol–water partition coefficient (Wildman–Crippen LogP) is 1.57. The molecule has 1 amide bonds. The van der Waals surface area contributed by atoms with Crippen LogP contribution in [0.5, 0.6) is 0 Å². The lowest BCUT2D eigenvalue weighted by atomic mass is 9.97. The molecular weight excluding hydrogens is 330 g/mol. The van der Waals surface area contributed by atoms with Gasteiger partial charge in [0.1, 0.15) is 17.9 Å². The molecule has 0 aliphatic carbocycles. The number of likely N-dealkylation sites (tertiary alicyclic amines) is 1. The number of rotatable bonds is 6. The second-order valence-electron chi connectivity index (χ2n) is 7.34. The first kappa shape index (κ1) is 18.6. The molecule has 142 valence electrons. The first-order valence-corrected chi connectivity index (χ1v) is 9.54. The normalized spacial score (nSPS) is 21.2. The van der Waals surface area contributed by atoms with Crippen molar-refractivity contribution in [3.63, 3.8) is 0 Å². The highest BCUT2D eigenvalue weighted by Gasteiger charge is 2.23. The molecule has 3 heterocycles. The zero-order valence-corrected chi connectivity index (χ0v) is 15.9. The minimum Gasteiger partial charge on any atom is -0.354 e. The smallest absolute Gasteiger partial charge is 0.291 e. The molecule has 7 heteroatoms. The van der Waals surface area contributed by atoms with E-state index in [4.69, 9.17) is 0 Å². The zero-order chi connectivity index (χ0) is 18.7. The molecule has 0 saturated carbocycles. The fourth-order valence-corrected chi connectivity index (χ4v) is 3.94. The minimum absolute atomic E-state index is 0.0438. The molecule has 1 saturated heterocycles. The highest BCUT2D eigenvalue weighted by atomic mass is 16.2. The largest absolute Gasteiger partial charge is 0.354 e. The number of carbonyl (C=O) groups excluding carboxylic acids is 1. The Morgan fingerprint density at radius 2 is 2.04 bits per heavy atom. The summed E-state index contributed by atoms with van der Waals surface area (Å²) < 4.78 is 2.98. The van der Waals surface area contributed by atoms with E-state index < -0.39 is 0 Å². The Balaban J connectivity index is 1.50. The van der Waals surface area contributed by atoms with Crippen molar-refractivity contribution in [3.05, 3.63) is 34.5 Å². The molecule has 1 aliphatic rings. The lowest BCUT2D eigenvalue weighted by molar-refractivity contribution is -0.121. The van der Waals surface area contributed by atoms with Gasteiger partial charge in [-0.05, 0) is 52.2 Å². The molecule has 1 aliphatic heterocycles. The van der Waals surface area contributed by atoms with Crippen LogP contribution >= 0.6 is 0 Å². The van der Waals surface area contributed by atoms with Crippen molar-refractivity contribution in [2.75, 3.05) is 13.1 Å². The summed E-state index contributed by atoms with van der Waals surface area (Å²) in [4.78, 5) is 27.1. The van der Waals surface area contributed by atoms with E-state index in [1.54, 1.807) is 22.7 Å². The number of carbonyl (C=O) groups is 1. The molecule has 1 fully saturated rings. The van der Waals surface area contributed by atoms with Gasteiger partial charge in [-0.3, -0.25) is 18.9 Å². The maximum absolute atomic E-state index is 12.4. The molecular formula is C19H29N5O2. The summed E-state index contributed by atoms with van der Waals surface area (Å²) in [6.07, 6.45) is 6.54. The van der Waals surface area contributed by atoms with Crippen LogP contribution in [0.4, 0.5) is 0 Å². The topological polar surface area (TPSA) is 71.6 Å². The van der Waals surface area contributed by atoms with Crippen LogP contribution in [0.25, 0.3) is 5.52 Å². The average molecular weight is 359 g/mol. The first-order chi connectivity index (χ1) is 12.5. The first-order valence-electron chi connectivity index (χ1n) is 9.54. The summed E-state index contributed by atoms with van der Waals surface area (Å²) in [5.41, 5.74) is 0.296. The van der Waals surface area contributed by atoms with Gasteiger partial charge in [-0.15, -0.1) is 0 Å². The molecule has 1 N–H and O–H groups in total. The average Bonchev–Trinajstić information content (AvgIpc) is 3.09. The van der Waals surface area contributed by atoms with E-state index in [0.29, 0.717) is 30.0 Å². The van der Waals surface area contributed by atoms with Gasteiger partial charge in [0.25, 0.3) is 5.56 Å². The van der Waals surface area contributed by atoms with Crippen molar-refractivity contribution in [3.8, 4) is 0 Å². The molecule has 0 radical (unpaired) electrons. The Kier molecular flexibility index (Phi) is 5.76. The number of nitrogens with zero attached hydrogens (tertiary/aromatic N) is 4. The van der Waals surface area contributed by atoms with E-state index in [1.165, 1.54) is 23.9 Å². The number of hydrogen-bond donors (Lipinski definition) is 1. The van der Waals surface area contributed by atoms with Crippen LogP contribution in [0.1, 0.15) is 45.4 Å². The van der Waals surface area contributed by atoms with Crippen molar-refractivity contribution < 1.29 is 4.79 Å². The number of piperidine rings is 1. The third kappa shape index (κ3) is 3.98. The monoisotopic (exact) mass is 359 g/mol. The Bertz CT molecular complexity index is 815. The quantitative estimate of drug-likeness (QED) is 0.795. The van der Waals surface area contributed by atoms with Gasteiger partial charge in [-0.1, -0.05) is 6.42 Å². The Morgan fingerprint density at radius 1 is 1.31 bits per heavy atom. The molecule has 2 unspecified atom stereocenters. The predicted molar refractivity (Wildman–Crippen MR) is 101 cm³/mol. The standard InChI is InChI=1S/C19H29N5O2/c1-14-7-4-8-15(2)22(14)12-6-10-20-18(25)13-24-19(26)17-9-5-11-23(17)16(3)21-24/h5,9,11,14-15H,4,6-8,10,12-13H2,1-3H3,(H,20,25). The molecule has 2 aromatic rings. The Labute approximate surface area is 154 Å². The van der Waals surface area contributed by atoms with Crippen molar-refractivity contribution >= 4 is 11.4 Å². The van der Waals surface area contributed by atoms with E-state index >= 15 is 0 Å². The van der Waals surface area contributed by atoms with Crippen LogP contribution in [0.3, 0.4) is 0 Å². The van der Waals surface area contributed by atoms with Gasteiger partial charge < -0.3 is 5.32 Å². The Morgan fingerprint density at radius 3 is 2.77 bits per heavy atom. The second kappa shape index (κ2) is 8.03. The van der Waals surface area contributed by atoms with E-state index in [9.17, 15) is 9.59 Å². The summed E-state index contributed by atoms with van der Waals surface area (Å²) in [6, 6.07) is 4.79. The molecule has 26 heavy (non-hydrogen) atoms. The molecule has 2 aromatic heterocycles. The number of fused-ring (bicyclic) bond motifs is 1. The molecule has 0 spiro atoms. The minimum atomic E-state index is -0.244. The number of aromatic nitrogens is 3. The molecule has 0 bridgehead atoms. The van der Waals surface area contributed by atoms with Gasteiger partial charge in [0.05, 0.1) is 0 Å². The second-order valence-corrected chi connectivity index (χ2v) is 7.34. The molecule has 0 aromatic carbocycles. The Hall–Kier alpha value is -2.15. The number of amides is 1. The zero-order valence-electron chi connectivity index (χ0n) is 15.9.